The van der Waals surface area contributed by atoms with Gasteiger partial charge in [0, 0.05) is 30.9 Å². The average Bonchev–Trinajstić information content (AvgIpc) is 2.67. The van der Waals surface area contributed by atoms with Gasteiger partial charge in [-0.05, 0) is 24.3 Å². The number of fused-ring (bicyclic) bond motifs is 1. The molecule has 0 aliphatic heterocycles. The molecule has 7 nitrogen and oxygen atoms in total. The average molecular weight is 357 g/mol. The number of rotatable bonds is 6. The standard InChI is InChI=1S/C18H16FN3O4/c1-20-17(24)12-9-11-14(10-16(12)25-8-7-23)21-6-4-15(11)26-18-13(19)3-2-5-22-18/h2-6,9-10,23H,7-8H2,1H3,(H,20,24). The molecule has 3 rings (SSSR count). The summed E-state index contributed by atoms with van der Waals surface area (Å²) in [6, 6.07) is 7.36. The van der Waals surface area contributed by atoms with Crippen LogP contribution in [0.1, 0.15) is 10.4 Å². The Kier molecular flexibility index (Phi) is 5.23. The van der Waals surface area contributed by atoms with Crippen LogP contribution in [0, 0.1) is 5.82 Å². The molecule has 1 amide bonds. The van der Waals surface area contributed by atoms with Gasteiger partial charge in [-0.25, -0.2) is 9.37 Å². The van der Waals surface area contributed by atoms with E-state index in [4.69, 9.17) is 14.6 Å². The minimum atomic E-state index is -0.605. The fourth-order valence-corrected chi connectivity index (χ4v) is 2.37. The quantitative estimate of drug-likeness (QED) is 0.703. The lowest BCUT2D eigenvalue weighted by atomic mass is 10.1. The molecule has 2 heterocycles. The van der Waals surface area contributed by atoms with Crippen LogP contribution >= 0.6 is 0 Å². The molecule has 0 bridgehead atoms. The van der Waals surface area contributed by atoms with Crippen LogP contribution in [0.3, 0.4) is 0 Å². The lowest BCUT2D eigenvalue weighted by Crippen LogP contribution is -2.19. The summed E-state index contributed by atoms with van der Waals surface area (Å²) in [6.07, 6.45) is 2.91. The summed E-state index contributed by atoms with van der Waals surface area (Å²) >= 11 is 0. The maximum Gasteiger partial charge on any atom is 0.255 e. The van der Waals surface area contributed by atoms with Crippen LogP contribution < -0.4 is 14.8 Å². The summed E-state index contributed by atoms with van der Waals surface area (Å²) in [6.45, 7) is -0.161. The molecule has 0 spiro atoms. The van der Waals surface area contributed by atoms with Gasteiger partial charge in [0.25, 0.3) is 11.8 Å². The van der Waals surface area contributed by atoms with Crippen molar-refractivity contribution in [3.63, 3.8) is 0 Å². The number of nitrogens with one attached hydrogen (secondary N) is 1. The first-order chi connectivity index (χ1) is 12.6. The van der Waals surface area contributed by atoms with E-state index in [1.54, 1.807) is 18.2 Å². The zero-order chi connectivity index (χ0) is 18.5. The molecule has 2 N–H and O–H groups in total. The minimum absolute atomic E-state index is 0.0326. The molecule has 0 saturated carbocycles. The van der Waals surface area contributed by atoms with E-state index < -0.39 is 5.82 Å². The van der Waals surface area contributed by atoms with Crippen molar-refractivity contribution in [3.8, 4) is 17.4 Å². The largest absolute Gasteiger partial charge is 0.490 e. The number of pyridine rings is 2. The van der Waals surface area contributed by atoms with E-state index in [9.17, 15) is 9.18 Å². The van der Waals surface area contributed by atoms with E-state index in [1.807, 2.05) is 0 Å². The van der Waals surface area contributed by atoms with Gasteiger partial charge in [0.1, 0.15) is 18.1 Å². The second kappa shape index (κ2) is 7.75. The van der Waals surface area contributed by atoms with E-state index in [0.29, 0.717) is 16.7 Å². The van der Waals surface area contributed by atoms with Crippen molar-refractivity contribution >= 4 is 16.8 Å². The van der Waals surface area contributed by atoms with Gasteiger partial charge in [0.2, 0.25) is 0 Å². The number of aliphatic hydroxyl groups is 1. The van der Waals surface area contributed by atoms with Gasteiger partial charge in [-0.15, -0.1) is 0 Å². The maximum absolute atomic E-state index is 13.8. The summed E-state index contributed by atoms with van der Waals surface area (Å²) in [5, 5.41) is 12.0. The van der Waals surface area contributed by atoms with Gasteiger partial charge >= 0.3 is 0 Å². The highest BCUT2D eigenvalue weighted by Crippen LogP contribution is 2.33. The Bertz CT molecular complexity index is 949. The molecule has 0 aliphatic carbocycles. The smallest absolute Gasteiger partial charge is 0.255 e. The summed E-state index contributed by atoms with van der Waals surface area (Å²) in [7, 11) is 1.49. The summed E-state index contributed by atoms with van der Waals surface area (Å²) in [5.41, 5.74) is 0.729. The second-order valence-corrected chi connectivity index (χ2v) is 5.22. The molecule has 134 valence electrons. The molecule has 0 unspecified atom stereocenters. The highest BCUT2D eigenvalue weighted by molar-refractivity contribution is 6.02. The lowest BCUT2D eigenvalue weighted by molar-refractivity contribution is 0.0957. The number of aromatic nitrogens is 2. The minimum Gasteiger partial charge on any atom is -0.490 e. The van der Waals surface area contributed by atoms with Crippen LogP contribution in [0.15, 0.2) is 42.7 Å². The Morgan fingerprint density at radius 1 is 1.23 bits per heavy atom. The SMILES string of the molecule is CNC(=O)c1cc2c(Oc3ncccc3F)ccnc2cc1OCCO. The van der Waals surface area contributed by atoms with Crippen molar-refractivity contribution in [3.05, 3.63) is 54.1 Å². The number of carbonyl (C=O) groups is 1. The molecule has 0 atom stereocenters. The summed E-state index contributed by atoms with van der Waals surface area (Å²) < 4.78 is 24.8. The number of amides is 1. The van der Waals surface area contributed by atoms with Crippen molar-refractivity contribution in [1.82, 2.24) is 15.3 Å². The first-order valence-corrected chi connectivity index (χ1v) is 7.81. The number of halogens is 1. The van der Waals surface area contributed by atoms with Crippen LogP contribution in [-0.2, 0) is 0 Å². The molecule has 26 heavy (non-hydrogen) atoms. The molecule has 0 saturated heterocycles. The molecule has 0 radical (unpaired) electrons. The van der Waals surface area contributed by atoms with Crippen molar-refractivity contribution < 1.29 is 23.8 Å². The van der Waals surface area contributed by atoms with Crippen LogP contribution in [0.5, 0.6) is 17.4 Å². The van der Waals surface area contributed by atoms with Crippen LogP contribution in [0.2, 0.25) is 0 Å². The Morgan fingerprint density at radius 2 is 2.08 bits per heavy atom. The van der Waals surface area contributed by atoms with Crippen LogP contribution in [0.25, 0.3) is 10.9 Å². The monoisotopic (exact) mass is 357 g/mol. The molecular weight excluding hydrogens is 341 g/mol. The third kappa shape index (κ3) is 3.55. The van der Waals surface area contributed by atoms with Crippen molar-refractivity contribution in [2.24, 2.45) is 0 Å². The summed E-state index contributed by atoms with van der Waals surface area (Å²) in [5.74, 6) is -0.585. The number of aliphatic hydroxyl groups excluding tert-OH is 1. The van der Waals surface area contributed by atoms with Gasteiger partial charge in [0.15, 0.2) is 5.82 Å². The molecular formula is C18H16FN3O4. The molecule has 0 aliphatic rings. The fraction of sp³-hybridized carbons (Fsp3) is 0.167. The topological polar surface area (TPSA) is 93.6 Å². The Morgan fingerprint density at radius 3 is 2.81 bits per heavy atom. The van der Waals surface area contributed by atoms with Crippen molar-refractivity contribution in [2.45, 2.75) is 0 Å². The van der Waals surface area contributed by atoms with Gasteiger partial charge in [-0.2, -0.15) is 0 Å². The Labute approximate surface area is 148 Å². The number of nitrogens with zero attached hydrogens (tertiary/aromatic N) is 2. The van der Waals surface area contributed by atoms with E-state index in [0.717, 1.165) is 0 Å². The zero-order valence-corrected chi connectivity index (χ0v) is 13.9. The predicted molar refractivity (Wildman–Crippen MR) is 92.0 cm³/mol. The Balaban J connectivity index is 2.10. The predicted octanol–water partition coefficient (Wildman–Crippen LogP) is 2.29. The number of hydrogen-bond acceptors (Lipinski definition) is 6. The van der Waals surface area contributed by atoms with E-state index in [2.05, 4.69) is 15.3 Å². The molecule has 0 fully saturated rings. The number of carbonyl (C=O) groups excluding carboxylic acids is 1. The summed E-state index contributed by atoms with van der Waals surface area (Å²) in [4.78, 5) is 20.3. The lowest BCUT2D eigenvalue weighted by Gasteiger charge is -2.13. The van der Waals surface area contributed by atoms with Gasteiger partial charge in [0.05, 0.1) is 17.7 Å². The third-order valence-electron chi connectivity index (χ3n) is 3.55. The molecule has 8 heteroatoms. The first kappa shape index (κ1) is 17.6. The van der Waals surface area contributed by atoms with Crippen LogP contribution in [-0.4, -0.2) is 41.2 Å². The Hall–Kier alpha value is -3.26. The van der Waals surface area contributed by atoms with Gasteiger partial charge in [-0.3, -0.25) is 9.78 Å². The molecule has 2 aromatic heterocycles. The van der Waals surface area contributed by atoms with Gasteiger partial charge in [-0.1, -0.05) is 0 Å². The van der Waals surface area contributed by atoms with Gasteiger partial charge < -0.3 is 19.9 Å². The molecule has 1 aromatic carbocycles. The van der Waals surface area contributed by atoms with Crippen LogP contribution in [0.4, 0.5) is 4.39 Å². The first-order valence-electron chi connectivity index (χ1n) is 7.81. The van der Waals surface area contributed by atoms with Crippen molar-refractivity contribution in [2.75, 3.05) is 20.3 Å². The van der Waals surface area contributed by atoms with E-state index in [-0.39, 0.29) is 36.3 Å². The number of benzene rings is 1. The number of ether oxygens (including phenoxy) is 2. The fourth-order valence-electron chi connectivity index (χ4n) is 2.37. The van der Waals surface area contributed by atoms with E-state index >= 15 is 0 Å². The van der Waals surface area contributed by atoms with Crippen molar-refractivity contribution in [1.29, 1.82) is 0 Å². The zero-order valence-electron chi connectivity index (χ0n) is 13.9. The molecule has 3 aromatic rings. The highest BCUT2D eigenvalue weighted by Gasteiger charge is 2.17. The highest BCUT2D eigenvalue weighted by atomic mass is 19.1. The number of hydrogen-bond donors (Lipinski definition) is 2. The van der Waals surface area contributed by atoms with E-state index in [1.165, 1.54) is 31.6 Å². The second-order valence-electron chi connectivity index (χ2n) is 5.22. The maximum atomic E-state index is 13.8. The normalized spacial score (nSPS) is 10.6. The third-order valence-corrected chi connectivity index (χ3v) is 3.55.